The van der Waals surface area contributed by atoms with Crippen LogP contribution in [0.5, 0.6) is 0 Å². The summed E-state index contributed by atoms with van der Waals surface area (Å²) >= 11 is 0. The zero-order chi connectivity index (χ0) is 20.5. The van der Waals surface area contributed by atoms with E-state index in [4.69, 9.17) is 4.74 Å². The molecule has 2 aromatic heterocycles. The van der Waals surface area contributed by atoms with Gasteiger partial charge in [-0.05, 0) is 6.92 Å². The van der Waals surface area contributed by atoms with Gasteiger partial charge >= 0.3 is 0 Å². The molecule has 1 aliphatic rings. The van der Waals surface area contributed by atoms with Crippen LogP contribution in [0.25, 0.3) is 22.9 Å². The summed E-state index contributed by atoms with van der Waals surface area (Å²) in [4.78, 5) is 12.8. The maximum absolute atomic E-state index is 10.5. The molecule has 3 heterocycles. The first-order valence-corrected chi connectivity index (χ1v) is 9.10. The summed E-state index contributed by atoms with van der Waals surface area (Å²) in [6.07, 6.45) is -2.18. The Morgan fingerprint density at radius 2 is 1.79 bits per heavy atom. The Morgan fingerprint density at radius 3 is 2.45 bits per heavy atom. The molecule has 0 unspecified atom stereocenters. The summed E-state index contributed by atoms with van der Waals surface area (Å²) in [6.45, 7) is 1.42. The van der Waals surface area contributed by atoms with Gasteiger partial charge in [0.2, 0.25) is 5.82 Å². The summed E-state index contributed by atoms with van der Waals surface area (Å²) in [5, 5.41) is 44.7. The molecule has 1 saturated heterocycles. The smallest absolute Gasteiger partial charge is 0.202 e. The second-order valence-electron chi connectivity index (χ2n) is 6.88. The Hall–Kier alpha value is -2.76. The van der Waals surface area contributed by atoms with Gasteiger partial charge in [-0.25, -0.2) is 14.6 Å². The fourth-order valence-electron chi connectivity index (χ4n) is 3.21. The van der Waals surface area contributed by atoms with Crippen molar-refractivity contribution in [3.05, 3.63) is 48.4 Å². The lowest BCUT2D eigenvalue weighted by atomic mass is 9.98. The van der Waals surface area contributed by atoms with Gasteiger partial charge in [0.15, 0.2) is 12.1 Å². The van der Waals surface area contributed by atoms with Crippen molar-refractivity contribution in [3.8, 4) is 22.9 Å². The van der Waals surface area contributed by atoms with Crippen molar-refractivity contribution in [1.29, 1.82) is 0 Å². The largest absolute Gasteiger partial charge is 0.394 e. The number of hydrogen-bond acceptors (Lipinski definition) is 9. The van der Waals surface area contributed by atoms with Crippen LogP contribution in [0, 0.1) is 6.92 Å². The fraction of sp³-hybridized carbons (Fsp3) is 0.368. The minimum Gasteiger partial charge on any atom is -0.394 e. The fourth-order valence-corrected chi connectivity index (χ4v) is 3.21. The van der Waals surface area contributed by atoms with Crippen LogP contribution in [0.2, 0.25) is 0 Å². The lowest BCUT2D eigenvalue weighted by Crippen LogP contribution is -2.56. The van der Waals surface area contributed by atoms with Crippen molar-refractivity contribution in [2.24, 2.45) is 0 Å². The number of aryl methyl sites for hydroxylation is 1. The molecule has 0 spiro atoms. The molecular formula is C19H21N5O5. The van der Waals surface area contributed by atoms with Crippen LogP contribution in [-0.2, 0) is 4.74 Å². The van der Waals surface area contributed by atoms with Gasteiger partial charge in [0.05, 0.1) is 12.8 Å². The average Bonchev–Trinajstić information content (AvgIpc) is 3.19. The summed E-state index contributed by atoms with van der Waals surface area (Å²) in [5.74, 6) is 0.626. The van der Waals surface area contributed by atoms with Crippen molar-refractivity contribution in [2.75, 3.05) is 6.61 Å². The third-order valence-corrected chi connectivity index (χ3v) is 4.84. The van der Waals surface area contributed by atoms with Crippen molar-refractivity contribution >= 4 is 0 Å². The van der Waals surface area contributed by atoms with E-state index in [0.717, 1.165) is 5.56 Å². The Bertz CT molecular complexity index is 963. The molecule has 0 amide bonds. The Morgan fingerprint density at radius 1 is 1.03 bits per heavy atom. The number of ether oxygens (including phenoxy) is 1. The first-order valence-electron chi connectivity index (χ1n) is 9.10. The SMILES string of the molecule is Cc1ccc(-c2nc(-c3cnccn3)nn2[C@@H]2O[C@H](CO)[C@@H](O)[C@H](O)[C@H]2O)cc1. The third-order valence-electron chi connectivity index (χ3n) is 4.84. The Balaban J connectivity index is 1.82. The first kappa shape index (κ1) is 19.6. The van der Waals surface area contributed by atoms with E-state index in [0.29, 0.717) is 17.1 Å². The van der Waals surface area contributed by atoms with Crippen LogP contribution < -0.4 is 0 Å². The van der Waals surface area contributed by atoms with Crippen molar-refractivity contribution in [3.63, 3.8) is 0 Å². The van der Waals surface area contributed by atoms with Gasteiger partial charge in [-0.15, -0.1) is 5.10 Å². The van der Waals surface area contributed by atoms with Gasteiger partial charge < -0.3 is 25.2 Å². The Labute approximate surface area is 166 Å². The molecule has 0 radical (unpaired) electrons. The number of benzene rings is 1. The van der Waals surface area contributed by atoms with E-state index in [9.17, 15) is 20.4 Å². The number of aromatic nitrogens is 5. The van der Waals surface area contributed by atoms with Gasteiger partial charge in [-0.1, -0.05) is 29.8 Å². The zero-order valence-corrected chi connectivity index (χ0v) is 15.6. The second-order valence-corrected chi connectivity index (χ2v) is 6.88. The highest BCUT2D eigenvalue weighted by atomic mass is 16.6. The molecule has 29 heavy (non-hydrogen) atoms. The van der Waals surface area contributed by atoms with Crippen LogP contribution in [-0.4, -0.2) is 76.2 Å². The van der Waals surface area contributed by atoms with Gasteiger partial charge in [0.1, 0.15) is 30.1 Å². The van der Waals surface area contributed by atoms with Crippen molar-refractivity contribution in [2.45, 2.75) is 37.6 Å². The van der Waals surface area contributed by atoms with Crippen LogP contribution in [0.15, 0.2) is 42.9 Å². The monoisotopic (exact) mass is 399 g/mol. The predicted octanol–water partition coefficient (Wildman–Crippen LogP) is -0.317. The third kappa shape index (κ3) is 3.63. The van der Waals surface area contributed by atoms with Crippen molar-refractivity contribution in [1.82, 2.24) is 24.7 Å². The molecule has 0 bridgehead atoms. The van der Waals surface area contributed by atoms with Crippen LogP contribution in [0.4, 0.5) is 0 Å². The molecule has 152 valence electrons. The van der Waals surface area contributed by atoms with E-state index >= 15 is 0 Å². The molecule has 10 heteroatoms. The lowest BCUT2D eigenvalue weighted by molar-refractivity contribution is -0.253. The van der Waals surface area contributed by atoms with E-state index in [1.807, 2.05) is 31.2 Å². The van der Waals surface area contributed by atoms with Crippen molar-refractivity contribution < 1.29 is 25.2 Å². The molecule has 3 aromatic rings. The highest BCUT2D eigenvalue weighted by molar-refractivity contribution is 5.59. The summed E-state index contributed by atoms with van der Waals surface area (Å²) in [5.41, 5.74) is 2.18. The van der Waals surface area contributed by atoms with E-state index in [1.165, 1.54) is 23.3 Å². The molecule has 0 aliphatic carbocycles. The van der Waals surface area contributed by atoms with E-state index < -0.39 is 37.3 Å². The molecule has 1 aromatic carbocycles. The molecular weight excluding hydrogens is 378 g/mol. The lowest BCUT2D eigenvalue weighted by Gasteiger charge is -2.40. The van der Waals surface area contributed by atoms with Gasteiger partial charge in [0.25, 0.3) is 0 Å². The molecule has 5 atom stereocenters. The minimum absolute atomic E-state index is 0.255. The van der Waals surface area contributed by atoms with E-state index in [-0.39, 0.29) is 5.82 Å². The molecule has 10 nitrogen and oxygen atoms in total. The van der Waals surface area contributed by atoms with Gasteiger partial charge in [-0.3, -0.25) is 4.98 Å². The number of nitrogens with zero attached hydrogens (tertiary/aromatic N) is 5. The van der Waals surface area contributed by atoms with Gasteiger partial charge in [0, 0.05) is 18.0 Å². The zero-order valence-electron chi connectivity index (χ0n) is 15.6. The average molecular weight is 399 g/mol. The molecule has 0 saturated carbocycles. The maximum Gasteiger partial charge on any atom is 0.202 e. The molecule has 4 rings (SSSR count). The standard InChI is InChI=1S/C19H21N5O5/c1-10-2-4-11(5-3-10)18-22-17(12-8-20-6-7-21-12)23-24(18)19-16(28)15(27)14(26)13(9-25)29-19/h2-8,13-16,19,25-28H,9H2,1H3/t13-,14-,15+,16-,19-/m1/s1. The molecule has 1 aliphatic heterocycles. The van der Waals surface area contributed by atoms with Crippen LogP contribution >= 0.6 is 0 Å². The number of hydrogen-bond donors (Lipinski definition) is 4. The minimum atomic E-state index is -1.53. The highest BCUT2D eigenvalue weighted by Crippen LogP contribution is 2.32. The first-order chi connectivity index (χ1) is 14.0. The molecule has 1 fully saturated rings. The van der Waals surface area contributed by atoms with Crippen LogP contribution in [0.1, 0.15) is 11.8 Å². The maximum atomic E-state index is 10.5. The van der Waals surface area contributed by atoms with Crippen LogP contribution in [0.3, 0.4) is 0 Å². The number of aliphatic hydroxyl groups excluding tert-OH is 4. The predicted molar refractivity (Wildman–Crippen MR) is 100 cm³/mol. The highest BCUT2D eigenvalue weighted by Gasteiger charge is 2.45. The summed E-state index contributed by atoms with van der Waals surface area (Å²) in [7, 11) is 0. The summed E-state index contributed by atoms with van der Waals surface area (Å²) in [6, 6.07) is 7.51. The normalized spacial score (nSPS) is 27.1. The topological polar surface area (TPSA) is 147 Å². The summed E-state index contributed by atoms with van der Waals surface area (Å²) < 4.78 is 7.00. The van der Waals surface area contributed by atoms with Gasteiger partial charge in [-0.2, -0.15) is 0 Å². The second kappa shape index (κ2) is 7.93. The Kier molecular flexibility index (Phi) is 5.35. The number of aliphatic hydroxyl groups is 4. The molecule has 4 N–H and O–H groups in total. The number of rotatable bonds is 4. The van der Waals surface area contributed by atoms with E-state index in [1.54, 1.807) is 0 Å². The quantitative estimate of drug-likeness (QED) is 0.463. The van der Waals surface area contributed by atoms with E-state index in [2.05, 4.69) is 20.1 Å².